The van der Waals surface area contributed by atoms with Crippen LogP contribution in [0.1, 0.15) is 29.6 Å². The van der Waals surface area contributed by atoms with E-state index < -0.39 is 23.6 Å². The molecule has 1 aromatic carbocycles. The molecule has 1 unspecified atom stereocenters. The predicted octanol–water partition coefficient (Wildman–Crippen LogP) is 1.83. The monoisotopic (exact) mass is 250 g/mol. The molecular weight excluding hydrogens is 236 g/mol. The molecule has 18 heavy (non-hydrogen) atoms. The minimum absolute atomic E-state index is 0.0371. The van der Waals surface area contributed by atoms with Crippen molar-refractivity contribution < 1.29 is 24.6 Å². The van der Waals surface area contributed by atoms with Crippen molar-refractivity contribution in [2.45, 2.75) is 19.3 Å². The molecule has 0 spiro atoms. The van der Waals surface area contributed by atoms with Crippen molar-refractivity contribution in [2.75, 3.05) is 0 Å². The van der Waals surface area contributed by atoms with Crippen molar-refractivity contribution in [1.29, 1.82) is 0 Å². The van der Waals surface area contributed by atoms with Gasteiger partial charge in [0.05, 0.1) is 0 Å². The van der Waals surface area contributed by atoms with Crippen molar-refractivity contribution >= 4 is 17.7 Å². The SMILES string of the molecule is O=C(O)CCCC(C(=O)O)C(=O)c1ccccc1. The Kier molecular flexibility index (Phi) is 5.05. The Morgan fingerprint density at radius 3 is 2.17 bits per heavy atom. The lowest BCUT2D eigenvalue weighted by molar-refractivity contribution is -0.141. The summed E-state index contributed by atoms with van der Waals surface area (Å²) in [6.45, 7) is 0. The van der Waals surface area contributed by atoms with Gasteiger partial charge in [0.15, 0.2) is 5.78 Å². The number of Topliss-reactive ketones (excluding diaryl/α,β-unsaturated/α-hetero) is 1. The van der Waals surface area contributed by atoms with Crippen LogP contribution in [-0.4, -0.2) is 27.9 Å². The summed E-state index contributed by atoms with van der Waals surface area (Å²) in [5.74, 6) is -3.86. The predicted molar refractivity (Wildman–Crippen MR) is 63.4 cm³/mol. The van der Waals surface area contributed by atoms with Crippen LogP contribution in [0, 0.1) is 5.92 Å². The number of carbonyl (C=O) groups is 3. The molecule has 0 aliphatic rings. The van der Waals surface area contributed by atoms with Gasteiger partial charge in [-0.15, -0.1) is 0 Å². The van der Waals surface area contributed by atoms with E-state index >= 15 is 0 Å². The average Bonchev–Trinajstić information content (AvgIpc) is 2.34. The van der Waals surface area contributed by atoms with E-state index in [-0.39, 0.29) is 19.3 Å². The van der Waals surface area contributed by atoms with E-state index in [0.29, 0.717) is 5.56 Å². The highest BCUT2D eigenvalue weighted by atomic mass is 16.4. The zero-order valence-electron chi connectivity index (χ0n) is 9.70. The van der Waals surface area contributed by atoms with Crippen LogP contribution in [0.5, 0.6) is 0 Å². The third-order valence-electron chi connectivity index (χ3n) is 2.56. The summed E-state index contributed by atoms with van der Waals surface area (Å²) in [6, 6.07) is 8.15. The summed E-state index contributed by atoms with van der Waals surface area (Å²) in [7, 11) is 0. The van der Waals surface area contributed by atoms with E-state index in [1.807, 2.05) is 0 Å². The molecule has 1 atom stereocenters. The molecule has 0 heterocycles. The average molecular weight is 250 g/mol. The lowest BCUT2D eigenvalue weighted by Crippen LogP contribution is -2.24. The first-order valence-electron chi connectivity index (χ1n) is 5.56. The summed E-state index contributed by atoms with van der Waals surface area (Å²) in [5, 5.41) is 17.5. The van der Waals surface area contributed by atoms with Crippen LogP contribution >= 0.6 is 0 Å². The number of ketones is 1. The fraction of sp³-hybridized carbons (Fsp3) is 0.308. The first-order chi connectivity index (χ1) is 8.52. The van der Waals surface area contributed by atoms with Gasteiger partial charge in [-0.1, -0.05) is 30.3 Å². The molecule has 2 N–H and O–H groups in total. The van der Waals surface area contributed by atoms with Crippen LogP contribution in [0.4, 0.5) is 0 Å². The molecule has 0 aliphatic heterocycles. The normalized spacial score (nSPS) is 11.8. The summed E-state index contributed by atoms with van der Waals surface area (Å²) >= 11 is 0. The number of hydrogen-bond acceptors (Lipinski definition) is 3. The van der Waals surface area contributed by atoms with Crippen molar-refractivity contribution in [3.63, 3.8) is 0 Å². The van der Waals surface area contributed by atoms with E-state index in [4.69, 9.17) is 10.2 Å². The smallest absolute Gasteiger partial charge is 0.314 e. The lowest BCUT2D eigenvalue weighted by Gasteiger charge is -2.10. The maximum Gasteiger partial charge on any atom is 0.314 e. The highest BCUT2D eigenvalue weighted by Gasteiger charge is 2.26. The number of benzene rings is 1. The van der Waals surface area contributed by atoms with E-state index in [2.05, 4.69) is 0 Å². The summed E-state index contributed by atoms with van der Waals surface area (Å²) in [5.41, 5.74) is 0.334. The van der Waals surface area contributed by atoms with Crippen LogP contribution < -0.4 is 0 Å². The Balaban J connectivity index is 2.70. The number of carboxylic acid groups (broad SMARTS) is 2. The lowest BCUT2D eigenvalue weighted by atomic mass is 9.93. The second kappa shape index (κ2) is 6.54. The molecule has 0 bridgehead atoms. The number of aliphatic carboxylic acids is 2. The van der Waals surface area contributed by atoms with E-state index in [0.717, 1.165) is 0 Å². The number of carbonyl (C=O) groups excluding carboxylic acids is 1. The zero-order chi connectivity index (χ0) is 13.5. The topological polar surface area (TPSA) is 91.7 Å². The van der Waals surface area contributed by atoms with E-state index in [1.165, 1.54) is 0 Å². The van der Waals surface area contributed by atoms with Gasteiger partial charge in [-0.25, -0.2) is 0 Å². The standard InChI is InChI=1S/C13H14O5/c14-11(15)8-4-7-10(13(17)18)12(16)9-5-2-1-3-6-9/h1-3,5-6,10H,4,7-8H2,(H,14,15)(H,17,18). The van der Waals surface area contributed by atoms with Crippen LogP contribution in [0.2, 0.25) is 0 Å². The zero-order valence-corrected chi connectivity index (χ0v) is 9.70. The van der Waals surface area contributed by atoms with Crippen molar-refractivity contribution in [3.8, 4) is 0 Å². The number of carboxylic acids is 2. The van der Waals surface area contributed by atoms with Crippen molar-refractivity contribution in [1.82, 2.24) is 0 Å². The second-order valence-electron chi connectivity index (χ2n) is 3.91. The third kappa shape index (κ3) is 4.01. The maximum atomic E-state index is 11.9. The molecule has 0 radical (unpaired) electrons. The molecule has 0 fully saturated rings. The molecule has 1 rings (SSSR count). The Morgan fingerprint density at radius 1 is 1.06 bits per heavy atom. The van der Waals surface area contributed by atoms with Crippen molar-refractivity contribution in [2.24, 2.45) is 5.92 Å². The van der Waals surface area contributed by atoms with Crippen LogP contribution in [-0.2, 0) is 9.59 Å². The van der Waals surface area contributed by atoms with Gasteiger partial charge >= 0.3 is 11.9 Å². The quantitative estimate of drug-likeness (QED) is 0.569. The minimum atomic E-state index is -1.21. The van der Waals surface area contributed by atoms with E-state index in [1.54, 1.807) is 30.3 Å². The Labute approximate surface area is 104 Å². The molecule has 0 aromatic heterocycles. The van der Waals surface area contributed by atoms with Gasteiger partial charge in [0.1, 0.15) is 5.92 Å². The van der Waals surface area contributed by atoms with Gasteiger partial charge in [0, 0.05) is 12.0 Å². The summed E-state index contributed by atoms with van der Waals surface area (Å²) in [4.78, 5) is 33.3. The Morgan fingerprint density at radius 2 is 1.67 bits per heavy atom. The van der Waals surface area contributed by atoms with E-state index in [9.17, 15) is 14.4 Å². The first kappa shape index (κ1) is 13.9. The largest absolute Gasteiger partial charge is 0.481 e. The fourth-order valence-corrected chi connectivity index (χ4v) is 1.63. The molecule has 0 saturated heterocycles. The number of rotatable bonds is 7. The summed E-state index contributed by atoms with van der Waals surface area (Å²) in [6.07, 6.45) is 0.0755. The molecule has 5 nitrogen and oxygen atoms in total. The maximum absolute atomic E-state index is 11.9. The molecule has 0 aliphatic carbocycles. The van der Waals surface area contributed by atoms with Crippen molar-refractivity contribution in [3.05, 3.63) is 35.9 Å². The van der Waals surface area contributed by atoms with Crippen LogP contribution in [0.3, 0.4) is 0 Å². The minimum Gasteiger partial charge on any atom is -0.481 e. The molecule has 96 valence electrons. The van der Waals surface area contributed by atoms with Gasteiger partial charge < -0.3 is 10.2 Å². The number of hydrogen-bond donors (Lipinski definition) is 2. The first-order valence-corrected chi connectivity index (χ1v) is 5.56. The fourth-order valence-electron chi connectivity index (χ4n) is 1.63. The van der Waals surface area contributed by atoms with Gasteiger partial charge in [-0.05, 0) is 12.8 Å². The van der Waals surface area contributed by atoms with Gasteiger partial charge in [0.25, 0.3) is 0 Å². The molecular formula is C13H14O5. The second-order valence-corrected chi connectivity index (χ2v) is 3.91. The van der Waals surface area contributed by atoms with Crippen LogP contribution in [0.15, 0.2) is 30.3 Å². The molecule has 0 saturated carbocycles. The highest BCUT2D eigenvalue weighted by Crippen LogP contribution is 2.16. The van der Waals surface area contributed by atoms with Gasteiger partial charge in [-0.3, -0.25) is 14.4 Å². The Hall–Kier alpha value is -2.17. The summed E-state index contributed by atoms with van der Waals surface area (Å²) < 4.78 is 0. The molecule has 1 aromatic rings. The third-order valence-corrected chi connectivity index (χ3v) is 2.56. The molecule has 5 heteroatoms. The highest BCUT2D eigenvalue weighted by molar-refractivity contribution is 6.08. The van der Waals surface area contributed by atoms with Gasteiger partial charge in [0.2, 0.25) is 0 Å². The Bertz CT molecular complexity index is 438. The van der Waals surface area contributed by atoms with Crippen LogP contribution in [0.25, 0.3) is 0 Å². The molecule has 0 amide bonds. The van der Waals surface area contributed by atoms with Gasteiger partial charge in [-0.2, -0.15) is 0 Å².